The number of allylic oxidation sites excluding steroid dienone is 4. The molecule has 23 heavy (non-hydrogen) atoms. The summed E-state index contributed by atoms with van der Waals surface area (Å²) in [5.74, 6) is -0.642. The molecule has 0 amide bonds. The summed E-state index contributed by atoms with van der Waals surface area (Å²) in [5.41, 5.74) is 5.10. The molecule has 0 spiro atoms. The van der Waals surface area contributed by atoms with Crippen LogP contribution in [0.2, 0.25) is 0 Å². The van der Waals surface area contributed by atoms with Crippen LogP contribution in [0, 0.1) is 5.41 Å². The summed E-state index contributed by atoms with van der Waals surface area (Å²) in [6, 6.07) is 7.09. The van der Waals surface area contributed by atoms with Crippen molar-refractivity contribution in [3.05, 3.63) is 65.0 Å². The van der Waals surface area contributed by atoms with Crippen molar-refractivity contribution >= 4 is 18.0 Å². The maximum atomic E-state index is 11.5. The van der Waals surface area contributed by atoms with Gasteiger partial charge in [-0.1, -0.05) is 32.1 Å². The fourth-order valence-corrected chi connectivity index (χ4v) is 3.00. The van der Waals surface area contributed by atoms with E-state index in [1.165, 1.54) is 11.1 Å². The Hall–Kier alpha value is -2.62. The summed E-state index contributed by atoms with van der Waals surface area (Å²) in [7, 11) is 0. The van der Waals surface area contributed by atoms with Crippen LogP contribution in [0.15, 0.2) is 53.8 Å². The zero-order valence-corrected chi connectivity index (χ0v) is 13.2. The van der Waals surface area contributed by atoms with E-state index in [0.717, 1.165) is 17.6 Å². The van der Waals surface area contributed by atoms with Gasteiger partial charge in [-0.05, 0) is 52.3 Å². The summed E-state index contributed by atoms with van der Waals surface area (Å²) in [5, 5.41) is 0. The molecule has 1 aliphatic carbocycles. The molecule has 0 radical (unpaired) electrons. The van der Waals surface area contributed by atoms with Gasteiger partial charge >= 0.3 is 12.4 Å². The lowest BCUT2D eigenvalue weighted by Gasteiger charge is -2.35. The Balaban J connectivity index is 1.94. The molecular formula is C19H18O4. The average Bonchev–Trinajstić information content (AvgIpc) is 2.56. The Labute approximate surface area is 135 Å². The van der Waals surface area contributed by atoms with Gasteiger partial charge in [0.15, 0.2) is 0 Å². The van der Waals surface area contributed by atoms with E-state index in [4.69, 9.17) is 4.74 Å². The van der Waals surface area contributed by atoms with E-state index in [0.29, 0.717) is 12.2 Å². The van der Waals surface area contributed by atoms with Crippen molar-refractivity contribution in [1.82, 2.24) is 0 Å². The lowest BCUT2D eigenvalue weighted by Crippen LogP contribution is -2.24. The van der Waals surface area contributed by atoms with E-state index in [1.54, 1.807) is 18.4 Å². The quantitative estimate of drug-likeness (QED) is 0.486. The number of carbonyl (C=O) groups excluding carboxylic acids is 2. The summed E-state index contributed by atoms with van der Waals surface area (Å²) < 4.78 is 9.83. The largest absolute Gasteiger partial charge is 0.497 e. The smallest absolute Gasteiger partial charge is 0.345 e. The molecule has 1 aromatic carbocycles. The summed E-state index contributed by atoms with van der Waals surface area (Å²) in [4.78, 5) is 21.8. The van der Waals surface area contributed by atoms with Gasteiger partial charge in [0.25, 0.3) is 0 Å². The van der Waals surface area contributed by atoms with Crippen LogP contribution < -0.4 is 0 Å². The van der Waals surface area contributed by atoms with Gasteiger partial charge in [0.2, 0.25) is 0 Å². The molecule has 0 unspecified atom stereocenters. The molecule has 2 aliphatic rings. The maximum Gasteiger partial charge on any atom is 0.345 e. The van der Waals surface area contributed by atoms with Gasteiger partial charge < -0.3 is 9.47 Å². The fourth-order valence-electron chi connectivity index (χ4n) is 3.00. The monoisotopic (exact) mass is 310 g/mol. The molecule has 1 aliphatic heterocycles. The number of benzene rings is 1. The van der Waals surface area contributed by atoms with E-state index in [1.807, 2.05) is 18.2 Å². The van der Waals surface area contributed by atoms with Gasteiger partial charge in [-0.15, -0.1) is 0 Å². The van der Waals surface area contributed by atoms with Crippen LogP contribution in [0.3, 0.4) is 0 Å². The first-order valence-corrected chi connectivity index (χ1v) is 7.50. The van der Waals surface area contributed by atoms with Crippen molar-refractivity contribution in [2.75, 3.05) is 6.61 Å². The maximum absolute atomic E-state index is 11.5. The lowest BCUT2D eigenvalue weighted by atomic mass is 9.72. The molecule has 118 valence electrons. The highest BCUT2D eigenvalue weighted by atomic mass is 16.6. The minimum absolute atomic E-state index is 0.0807. The highest BCUT2D eigenvalue weighted by Crippen LogP contribution is 2.44. The Bertz CT molecular complexity index is 733. The summed E-state index contributed by atoms with van der Waals surface area (Å²) in [6.45, 7) is 5.19. The van der Waals surface area contributed by atoms with Crippen LogP contribution in [-0.2, 0) is 14.3 Å². The predicted molar refractivity (Wildman–Crippen MR) is 86.4 cm³/mol. The molecule has 0 atom stereocenters. The molecule has 1 heterocycles. The Morgan fingerprint density at radius 3 is 2.70 bits per heavy atom. The second kappa shape index (κ2) is 5.88. The van der Waals surface area contributed by atoms with E-state index in [2.05, 4.69) is 24.7 Å². The van der Waals surface area contributed by atoms with Crippen LogP contribution >= 0.6 is 0 Å². The molecule has 0 fully saturated rings. The molecule has 0 saturated carbocycles. The first-order chi connectivity index (χ1) is 11.0. The van der Waals surface area contributed by atoms with E-state index >= 15 is 0 Å². The summed E-state index contributed by atoms with van der Waals surface area (Å²) in [6.07, 6.45) is 6.89. The highest BCUT2D eigenvalue weighted by molar-refractivity contribution is 5.94. The van der Waals surface area contributed by atoms with Crippen molar-refractivity contribution in [3.63, 3.8) is 0 Å². The minimum atomic E-state index is -0.642. The number of rotatable bonds is 3. The number of hydrogen-bond acceptors (Lipinski definition) is 4. The zero-order valence-electron chi connectivity index (χ0n) is 13.2. The van der Waals surface area contributed by atoms with Crippen LogP contribution in [0.25, 0.3) is 5.57 Å². The van der Waals surface area contributed by atoms with Crippen molar-refractivity contribution in [3.8, 4) is 0 Å². The average molecular weight is 310 g/mol. The first kappa shape index (κ1) is 15.3. The second-order valence-electron chi connectivity index (χ2n) is 6.29. The van der Waals surface area contributed by atoms with Crippen LogP contribution in [0.5, 0.6) is 0 Å². The molecule has 3 rings (SSSR count). The SMILES string of the molecule is CC1(C)CC=C(c2ccc(C(=O)OC=O)cc2)C2=C1COC=C2. The van der Waals surface area contributed by atoms with Crippen molar-refractivity contribution in [1.29, 1.82) is 0 Å². The third kappa shape index (κ3) is 2.84. The second-order valence-corrected chi connectivity index (χ2v) is 6.29. The van der Waals surface area contributed by atoms with E-state index in [-0.39, 0.29) is 11.9 Å². The topological polar surface area (TPSA) is 52.6 Å². The number of ether oxygens (including phenoxy) is 2. The predicted octanol–water partition coefficient (Wildman–Crippen LogP) is 3.65. The molecule has 1 aromatic rings. The molecule has 0 aromatic heterocycles. The van der Waals surface area contributed by atoms with E-state index in [9.17, 15) is 9.59 Å². The molecule has 4 heteroatoms. The van der Waals surface area contributed by atoms with E-state index < -0.39 is 5.97 Å². The first-order valence-electron chi connectivity index (χ1n) is 7.50. The highest BCUT2D eigenvalue weighted by Gasteiger charge is 2.31. The lowest BCUT2D eigenvalue weighted by molar-refractivity contribution is -0.123. The normalized spacial score (nSPS) is 18.6. The fraction of sp³-hybridized carbons (Fsp3) is 0.263. The minimum Gasteiger partial charge on any atom is -0.497 e. The van der Waals surface area contributed by atoms with Crippen molar-refractivity contribution in [2.45, 2.75) is 20.3 Å². The van der Waals surface area contributed by atoms with Gasteiger partial charge in [-0.2, -0.15) is 0 Å². The van der Waals surface area contributed by atoms with Gasteiger partial charge in [0.05, 0.1) is 11.8 Å². The van der Waals surface area contributed by atoms with Gasteiger partial charge in [0, 0.05) is 0 Å². The molecule has 0 N–H and O–H groups in total. The van der Waals surface area contributed by atoms with Crippen LogP contribution in [0.1, 0.15) is 36.2 Å². The third-order valence-electron chi connectivity index (χ3n) is 4.39. The number of hydrogen-bond donors (Lipinski definition) is 0. The standard InChI is InChI=1S/C19H18O4/c1-19(2)9-7-15(16-8-10-22-11-17(16)19)13-3-5-14(6-4-13)18(21)23-12-20/h3-8,10,12H,9,11H2,1-2H3. The molecule has 4 nitrogen and oxygen atoms in total. The van der Waals surface area contributed by atoms with Crippen LogP contribution in [-0.4, -0.2) is 19.0 Å². The van der Waals surface area contributed by atoms with Gasteiger partial charge in [0.1, 0.15) is 6.61 Å². The molecule has 0 saturated heterocycles. The van der Waals surface area contributed by atoms with Gasteiger partial charge in [-0.3, -0.25) is 4.79 Å². The van der Waals surface area contributed by atoms with Crippen LogP contribution in [0.4, 0.5) is 0 Å². The van der Waals surface area contributed by atoms with Gasteiger partial charge in [-0.25, -0.2) is 4.79 Å². The molecule has 0 bridgehead atoms. The zero-order chi connectivity index (χ0) is 16.4. The Morgan fingerprint density at radius 2 is 2.00 bits per heavy atom. The van der Waals surface area contributed by atoms with Crippen molar-refractivity contribution < 1.29 is 19.1 Å². The molecular weight excluding hydrogens is 292 g/mol. The third-order valence-corrected chi connectivity index (χ3v) is 4.39. The Morgan fingerprint density at radius 1 is 1.26 bits per heavy atom. The van der Waals surface area contributed by atoms with Crippen molar-refractivity contribution in [2.24, 2.45) is 5.41 Å². The summed E-state index contributed by atoms with van der Waals surface area (Å²) >= 11 is 0. The Kier molecular flexibility index (Phi) is 3.90. The number of carbonyl (C=O) groups is 2. The number of esters is 1.